The summed E-state index contributed by atoms with van der Waals surface area (Å²) in [7, 11) is -3.58. The molecule has 0 saturated carbocycles. The number of nitrogens with one attached hydrogen (secondary N) is 1. The van der Waals surface area contributed by atoms with Crippen LogP contribution in [0.25, 0.3) is 16.3 Å². The second-order valence-electron chi connectivity index (χ2n) is 7.17. The monoisotopic (exact) mass is 463 g/mol. The number of piperidine rings is 1. The molecule has 0 atom stereocenters. The first-order valence-corrected chi connectivity index (χ1v) is 11.9. The molecule has 1 N–H and O–H groups in total. The Morgan fingerprint density at radius 1 is 1.13 bits per heavy atom. The molecule has 6 nitrogen and oxygen atoms in total. The fourth-order valence-corrected chi connectivity index (χ4v) is 5.47. The maximum Gasteiger partial charge on any atom is 0.236 e. The van der Waals surface area contributed by atoms with Gasteiger partial charge in [0.15, 0.2) is 16.8 Å². The topological polar surface area (TPSA) is 79.4 Å². The molecule has 0 spiro atoms. The summed E-state index contributed by atoms with van der Waals surface area (Å²) in [5.74, 6) is -2.61. The number of carbonyl (C=O) groups is 1. The van der Waals surface area contributed by atoms with Crippen molar-refractivity contribution < 1.29 is 22.0 Å². The summed E-state index contributed by atoms with van der Waals surface area (Å²) >= 11 is 1.06. The van der Waals surface area contributed by atoms with E-state index in [4.69, 9.17) is 0 Å². The van der Waals surface area contributed by atoms with Crippen molar-refractivity contribution in [1.29, 1.82) is 0 Å². The lowest BCUT2D eigenvalue weighted by molar-refractivity contribution is -0.120. The lowest BCUT2D eigenvalue weighted by Gasteiger charge is -2.29. The second kappa shape index (κ2) is 8.81. The number of thiazole rings is 1. The Bertz CT molecular complexity index is 1200. The Morgan fingerprint density at radius 3 is 2.52 bits per heavy atom. The second-order valence-corrected chi connectivity index (χ2v) is 10.0. The number of aromatic nitrogens is 1. The first-order chi connectivity index (χ1) is 14.8. The Kier molecular flexibility index (Phi) is 6.12. The van der Waals surface area contributed by atoms with Crippen LogP contribution < -0.4 is 5.32 Å². The third-order valence-corrected chi connectivity index (χ3v) is 7.58. The van der Waals surface area contributed by atoms with Crippen LogP contribution in [0.15, 0.2) is 47.9 Å². The van der Waals surface area contributed by atoms with E-state index in [9.17, 15) is 22.0 Å². The Labute approximate surface area is 182 Å². The molecule has 2 heterocycles. The van der Waals surface area contributed by atoms with Gasteiger partial charge in [-0.15, -0.1) is 0 Å². The molecule has 1 aliphatic heterocycles. The van der Waals surface area contributed by atoms with Gasteiger partial charge in [0.25, 0.3) is 0 Å². The van der Waals surface area contributed by atoms with Crippen molar-refractivity contribution in [3.8, 4) is 0 Å². The van der Waals surface area contributed by atoms with E-state index in [1.54, 1.807) is 6.08 Å². The highest BCUT2D eigenvalue weighted by molar-refractivity contribution is 7.92. The standard InChI is InChI=1S/C21H19F2N3O3S2/c22-16-12-18-19(13-17(16)23)30-21(24-18)25-20(27)15-6-9-26(10-7-15)31(28,29)11-8-14-4-2-1-3-5-14/h1-5,8,11-13,15H,6-7,9-10H2,(H,24,25,27)/b11-8+. The SMILES string of the molecule is O=C(Nc1nc2cc(F)c(F)cc2s1)C1CCN(S(=O)(=O)/C=C/c2ccccc2)CC1. The van der Waals surface area contributed by atoms with Crippen LogP contribution in [0.3, 0.4) is 0 Å². The average Bonchev–Trinajstić information content (AvgIpc) is 3.14. The van der Waals surface area contributed by atoms with Crippen molar-refractivity contribution in [3.05, 3.63) is 65.1 Å². The van der Waals surface area contributed by atoms with Crippen molar-refractivity contribution in [2.45, 2.75) is 12.8 Å². The van der Waals surface area contributed by atoms with Crippen molar-refractivity contribution in [3.63, 3.8) is 0 Å². The molecular formula is C21H19F2N3O3S2. The number of amides is 1. The van der Waals surface area contributed by atoms with Gasteiger partial charge in [0, 0.05) is 30.5 Å². The summed E-state index contributed by atoms with van der Waals surface area (Å²) in [6, 6.07) is 11.2. The summed E-state index contributed by atoms with van der Waals surface area (Å²) in [5.41, 5.74) is 1.06. The summed E-state index contributed by atoms with van der Waals surface area (Å²) < 4.78 is 53.6. The lowest BCUT2D eigenvalue weighted by Crippen LogP contribution is -2.40. The number of fused-ring (bicyclic) bond motifs is 1. The number of halogens is 2. The van der Waals surface area contributed by atoms with Gasteiger partial charge in [0.05, 0.1) is 10.2 Å². The predicted octanol–water partition coefficient (Wildman–Crippen LogP) is 4.23. The van der Waals surface area contributed by atoms with E-state index in [0.29, 0.717) is 17.5 Å². The quantitative estimate of drug-likeness (QED) is 0.614. The van der Waals surface area contributed by atoms with E-state index in [2.05, 4.69) is 10.3 Å². The molecule has 1 aromatic heterocycles. The van der Waals surface area contributed by atoms with Crippen molar-refractivity contribution in [1.82, 2.24) is 9.29 Å². The molecule has 0 unspecified atom stereocenters. The molecule has 3 aromatic rings. The van der Waals surface area contributed by atoms with Crippen LogP contribution >= 0.6 is 11.3 Å². The highest BCUT2D eigenvalue weighted by Gasteiger charge is 2.30. The van der Waals surface area contributed by atoms with E-state index in [0.717, 1.165) is 29.0 Å². The average molecular weight is 464 g/mol. The van der Waals surface area contributed by atoms with Gasteiger partial charge in [-0.2, -0.15) is 4.31 Å². The molecule has 2 aromatic carbocycles. The smallest absolute Gasteiger partial charge is 0.236 e. The fraction of sp³-hybridized carbons (Fsp3) is 0.238. The zero-order valence-corrected chi connectivity index (χ0v) is 17.9. The molecule has 0 radical (unpaired) electrons. The zero-order chi connectivity index (χ0) is 22.0. The first kappa shape index (κ1) is 21.5. The van der Waals surface area contributed by atoms with E-state index in [1.807, 2.05) is 30.3 Å². The first-order valence-electron chi connectivity index (χ1n) is 9.61. The number of hydrogen-bond donors (Lipinski definition) is 1. The highest BCUT2D eigenvalue weighted by Crippen LogP contribution is 2.29. The summed E-state index contributed by atoms with van der Waals surface area (Å²) in [5, 5.41) is 4.12. The number of rotatable bonds is 5. The molecule has 1 fully saturated rings. The molecule has 10 heteroatoms. The molecule has 0 bridgehead atoms. The summed E-state index contributed by atoms with van der Waals surface area (Å²) in [6.07, 6.45) is 2.30. The molecule has 1 aliphatic rings. The minimum Gasteiger partial charge on any atom is -0.302 e. The Morgan fingerprint density at radius 2 is 1.81 bits per heavy atom. The zero-order valence-electron chi connectivity index (χ0n) is 16.3. The minimum atomic E-state index is -3.58. The Hall–Kier alpha value is -2.69. The van der Waals surface area contributed by atoms with Crippen LogP contribution in [0.5, 0.6) is 0 Å². The van der Waals surface area contributed by atoms with Gasteiger partial charge < -0.3 is 5.32 Å². The van der Waals surface area contributed by atoms with E-state index in [1.165, 1.54) is 9.71 Å². The van der Waals surface area contributed by atoms with E-state index >= 15 is 0 Å². The number of sulfonamides is 1. The van der Waals surface area contributed by atoms with Crippen molar-refractivity contribution in [2.24, 2.45) is 5.92 Å². The predicted molar refractivity (Wildman–Crippen MR) is 117 cm³/mol. The van der Waals surface area contributed by atoms with Gasteiger partial charge >= 0.3 is 0 Å². The van der Waals surface area contributed by atoms with Gasteiger partial charge in [0.1, 0.15) is 0 Å². The van der Waals surface area contributed by atoms with Gasteiger partial charge in [0.2, 0.25) is 15.9 Å². The molecule has 162 valence electrons. The maximum absolute atomic E-state index is 13.4. The third kappa shape index (κ3) is 4.97. The number of hydrogen-bond acceptors (Lipinski definition) is 5. The maximum atomic E-state index is 13.4. The normalized spacial score (nSPS) is 16.2. The van der Waals surface area contributed by atoms with E-state index < -0.39 is 21.7 Å². The minimum absolute atomic E-state index is 0.232. The largest absolute Gasteiger partial charge is 0.302 e. The number of nitrogens with zero attached hydrogens (tertiary/aromatic N) is 2. The van der Waals surface area contributed by atoms with Gasteiger partial charge in [-0.1, -0.05) is 41.7 Å². The van der Waals surface area contributed by atoms with Crippen LogP contribution in [0.4, 0.5) is 13.9 Å². The van der Waals surface area contributed by atoms with Gasteiger partial charge in [-0.05, 0) is 30.5 Å². The fourth-order valence-electron chi connectivity index (χ4n) is 3.37. The molecule has 0 aliphatic carbocycles. The molecular weight excluding hydrogens is 444 g/mol. The summed E-state index contributed by atoms with van der Waals surface area (Å²) in [4.78, 5) is 16.7. The molecule has 1 saturated heterocycles. The van der Waals surface area contributed by atoms with Crippen molar-refractivity contribution in [2.75, 3.05) is 18.4 Å². The van der Waals surface area contributed by atoms with Gasteiger partial charge in [-0.3, -0.25) is 4.79 Å². The highest BCUT2D eigenvalue weighted by atomic mass is 32.2. The molecule has 31 heavy (non-hydrogen) atoms. The lowest BCUT2D eigenvalue weighted by atomic mass is 9.97. The van der Waals surface area contributed by atoms with Crippen LogP contribution in [0, 0.1) is 17.6 Å². The third-order valence-electron chi connectivity index (χ3n) is 5.08. The van der Waals surface area contributed by atoms with Crippen LogP contribution in [0.2, 0.25) is 0 Å². The number of carbonyl (C=O) groups excluding carboxylic acids is 1. The summed E-state index contributed by atoms with van der Waals surface area (Å²) in [6.45, 7) is 0.464. The molecule has 1 amide bonds. The van der Waals surface area contributed by atoms with Crippen LogP contribution in [-0.2, 0) is 14.8 Å². The van der Waals surface area contributed by atoms with E-state index in [-0.39, 0.29) is 35.6 Å². The van der Waals surface area contributed by atoms with Crippen LogP contribution in [0.1, 0.15) is 18.4 Å². The molecule has 4 rings (SSSR count). The van der Waals surface area contributed by atoms with Crippen molar-refractivity contribution >= 4 is 48.7 Å². The number of anilines is 1. The van der Waals surface area contributed by atoms with Gasteiger partial charge in [-0.25, -0.2) is 22.2 Å². The Balaban J connectivity index is 1.36. The van der Waals surface area contributed by atoms with Crippen LogP contribution in [-0.4, -0.2) is 36.7 Å². The number of benzene rings is 2.